The van der Waals surface area contributed by atoms with Gasteiger partial charge < -0.3 is 14.4 Å². The minimum Gasteiger partial charge on any atom is -0.440 e. The molecule has 1 fully saturated rings. The minimum atomic E-state index is -0.423. The SMILES string of the molecule is O=C(c1ccc(Cl)o1)N1CCCC(O)C1. The lowest BCUT2D eigenvalue weighted by Crippen LogP contribution is -2.42. The Labute approximate surface area is 92.4 Å². The van der Waals surface area contributed by atoms with E-state index >= 15 is 0 Å². The number of amides is 1. The van der Waals surface area contributed by atoms with Crippen LogP contribution in [0.5, 0.6) is 0 Å². The smallest absolute Gasteiger partial charge is 0.289 e. The molecule has 1 N–H and O–H groups in total. The number of β-amino-alcohol motifs (C(OH)–C–C–N with tert-alkyl or cyclic N) is 1. The number of piperidine rings is 1. The lowest BCUT2D eigenvalue weighted by molar-refractivity contribution is 0.0448. The van der Waals surface area contributed by atoms with E-state index in [1.54, 1.807) is 11.0 Å². The van der Waals surface area contributed by atoms with Crippen LogP contribution >= 0.6 is 11.6 Å². The van der Waals surface area contributed by atoms with E-state index in [1.165, 1.54) is 6.07 Å². The molecule has 0 bridgehead atoms. The van der Waals surface area contributed by atoms with Gasteiger partial charge in [0.05, 0.1) is 6.10 Å². The zero-order valence-corrected chi connectivity index (χ0v) is 8.91. The molecule has 2 rings (SSSR count). The molecule has 1 aliphatic rings. The molecule has 15 heavy (non-hydrogen) atoms. The van der Waals surface area contributed by atoms with Gasteiger partial charge in [-0.3, -0.25) is 4.79 Å². The van der Waals surface area contributed by atoms with E-state index in [0.717, 1.165) is 12.8 Å². The topological polar surface area (TPSA) is 53.7 Å². The summed E-state index contributed by atoms with van der Waals surface area (Å²) in [7, 11) is 0. The van der Waals surface area contributed by atoms with E-state index in [4.69, 9.17) is 16.0 Å². The number of furan rings is 1. The van der Waals surface area contributed by atoms with Gasteiger partial charge in [0.15, 0.2) is 11.0 Å². The normalized spacial score (nSPS) is 21.7. The van der Waals surface area contributed by atoms with Crippen molar-refractivity contribution >= 4 is 17.5 Å². The van der Waals surface area contributed by atoms with Gasteiger partial charge in [-0.2, -0.15) is 0 Å². The van der Waals surface area contributed by atoms with Crippen molar-refractivity contribution in [2.45, 2.75) is 18.9 Å². The maximum absolute atomic E-state index is 11.8. The fraction of sp³-hybridized carbons (Fsp3) is 0.500. The first-order valence-corrected chi connectivity index (χ1v) is 5.27. The first-order valence-electron chi connectivity index (χ1n) is 4.89. The maximum Gasteiger partial charge on any atom is 0.289 e. The molecule has 0 saturated carbocycles. The van der Waals surface area contributed by atoms with Gasteiger partial charge in [0.2, 0.25) is 0 Å². The van der Waals surface area contributed by atoms with Crippen LogP contribution in [0.2, 0.25) is 5.22 Å². The fourth-order valence-corrected chi connectivity index (χ4v) is 1.87. The van der Waals surface area contributed by atoms with Crippen LogP contribution in [0.25, 0.3) is 0 Å². The predicted molar refractivity (Wildman–Crippen MR) is 54.9 cm³/mol. The van der Waals surface area contributed by atoms with Gasteiger partial charge in [-0.1, -0.05) is 0 Å². The Morgan fingerprint density at radius 2 is 2.40 bits per heavy atom. The second-order valence-electron chi connectivity index (χ2n) is 3.65. The van der Waals surface area contributed by atoms with E-state index in [1.807, 2.05) is 0 Å². The van der Waals surface area contributed by atoms with Crippen LogP contribution in [0.15, 0.2) is 16.5 Å². The summed E-state index contributed by atoms with van der Waals surface area (Å²) in [6.45, 7) is 1.03. The third kappa shape index (κ3) is 2.33. The second kappa shape index (κ2) is 4.24. The summed E-state index contributed by atoms with van der Waals surface area (Å²) >= 11 is 5.59. The van der Waals surface area contributed by atoms with Crippen LogP contribution in [0.4, 0.5) is 0 Å². The molecule has 1 atom stereocenters. The van der Waals surface area contributed by atoms with Crippen LogP contribution in [-0.4, -0.2) is 35.1 Å². The first kappa shape index (κ1) is 10.5. The lowest BCUT2D eigenvalue weighted by atomic mass is 10.1. The number of aliphatic hydroxyl groups is 1. The molecular weight excluding hydrogens is 218 g/mol. The molecule has 1 aromatic rings. The largest absolute Gasteiger partial charge is 0.440 e. The van der Waals surface area contributed by atoms with E-state index in [9.17, 15) is 9.90 Å². The molecule has 0 spiro atoms. The fourth-order valence-electron chi connectivity index (χ4n) is 1.72. The van der Waals surface area contributed by atoms with Crippen molar-refractivity contribution in [3.63, 3.8) is 0 Å². The van der Waals surface area contributed by atoms with Crippen LogP contribution in [-0.2, 0) is 0 Å². The molecule has 2 heterocycles. The molecule has 1 aromatic heterocycles. The Morgan fingerprint density at radius 3 is 3.00 bits per heavy atom. The van der Waals surface area contributed by atoms with Gasteiger partial charge >= 0.3 is 0 Å². The van der Waals surface area contributed by atoms with Crippen molar-refractivity contribution < 1.29 is 14.3 Å². The molecule has 4 nitrogen and oxygen atoms in total. The number of hydrogen-bond donors (Lipinski definition) is 1. The molecule has 1 saturated heterocycles. The summed E-state index contributed by atoms with van der Waals surface area (Å²) in [5.74, 6) is 0.0229. The highest BCUT2D eigenvalue weighted by molar-refractivity contribution is 6.29. The summed E-state index contributed by atoms with van der Waals surface area (Å²) in [5.41, 5.74) is 0. The minimum absolute atomic E-state index is 0.205. The Morgan fingerprint density at radius 1 is 1.60 bits per heavy atom. The number of carbonyl (C=O) groups excluding carboxylic acids is 1. The first-order chi connectivity index (χ1) is 7.16. The van der Waals surface area contributed by atoms with Crippen LogP contribution < -0.4 is 0 Å². The van der Waals surface area contributed by atoms with Crippen molar-refractivity contribution in [3.8, 4) is 0 Å². The molecule has 5 heteroatoms. The van der Waals surface area contributed by atoms with E-state index in [0.29, 0.717) is 13.1 Å². The summed E-state index contributed by atoms with van der Waals surface area (Å²) in [6.07, 6.45) is 1.15. The Bertz CT molecular complexity index is 363. The average Bonchev–Trinajstić information content (AvgIpc) is 2.64. The molecule has 82 valence electrons. The molecule has 0 aromatic carbocycles. The van der Waals surface area contributed by atoms with Crippen molar-refractivity contribution in [2.75, 3.05) is 13.1 Å². The number of nitrogens with zero attached hydrogens (tertiary/aromatic N) is 1. The van der Waals surface area contributed by atoms with E-state index in [-0.39, 0.29) is 16.9 Å². The quantitative estimate of drug-likeness (QED) is 0.795. The molecular formula is C10H12ClNO3. The lowest BCUT2D eigenvalue weighted by Gasteiger charge is -2.29. The van der Waals surface area contributed by atoms with Crippen LogP contribution in [0.1, 0.15) is 23.4 Å². The third-order valence-corrected chi connectivity index (χ3v) is 2.67. The second-order valence-corrected chi connectivity index (χ2v) is 4.02. The zero-order chi connectivity index (χ0) is 10.8. The Kier molecular flexibility index (Phi) is 2.98. The Hall–Kier alpha value is -1.00. The van der Waals surface area contributed by atoms with Gasteiger partial charge in [-0.15, -0.1) is 0 Å². The highest BCUT2D eigenvalue weighted by atomic mass is 35.5. The number of aliphatic hydroxyl groups excluding tert-OH is 1. The van der Waals surface area contributed by atoms with Gasteiger partial charge in [-0.25, -0.2) is 0 Å². The number of rotatable bonds is 1. The maximum atomic E-state index is 11.8. The van der Waals surface area contributed by atoms with Crippen molar-refractivity contribution in [1.29, 1.82) is 0 Å². The van der Waals surface area contributed by atoms with Gasteiger partial charge in [0.25, 0.3) is 5.91 Å². The number of halogens is 1. The average molecular weight is 230 g/mol. The van der Waals surface area contributed by atoms with E-state index in [2.05, 4.69) is 0 Å². The highest BCUT2D eigenvalue weighted by Gasteiger charge is 2.24. The number of likely N-dealkylation sites (tertiary alicyclic amines) is 1. The van der Waals surface area contributed by atoms with Crippen molar-refractivity contribution in [3.05, 3.63) is 23.1 Å². The summed E-state index contributed by atoms with van der Waals surface area (Å²) in [5, 5.41) is 9.63. The molecule has 0 radical (unpaired) electrons. The molecule has 0 aliphatic carbocycles. The summed E-state index contributed by atoms with van der Waals surface area (Å²) in [4.78, 5) is 13.4. The van der Waals surface area contributed by atoms with E-state index < -0.39 is 6.10 Å². The highest BCUT2D eigenvalue weighted by Crippen LogP contribution is 2.17. The van der Waals surface area contributed by atoms with Crippen molar-refractivity contribution in [2.24, 2.45) is 0 Å². The van der Waals surface area contributed by atoms with Crippen LogP contribution in [0, 0.1) is 0 Å². The van der Waals surface area contributed by atoms with Gasteiger partial charge in [0.1, 0.15) is 0 Å². The van der Waals surface area contributed by atoms with Gasteiger partial charge in [-0.05, 0) is 36.6 Å². The molecule has 1 unspecified atom stereocenters. The standard InChI is InChI=1S/C10H12ClNO3/c11-9-4-3-8(15-9)10(14)12-5-1-2-7(13)6-12/h3-4,7,13H,1-2,5-6H2. The number of hydrogen-bond acceptors (Lipinski definition) is 3. The summed E-state index contributed by atoms with van der Waals surface area (Å²) in [6, 6.07) is 3.08. The summed E-state index contributed by atoms with van der Waals surface area (Å²) < 4.78 is 5.03. The molecule has 1 aliphatic heterocycles. The van der Waals surface area contributed by atoms with Gasteiger partial charge in [0, 0.05) is 13.1 Å². The molecule has 1 amide bonds. The third-order valence-electron chi connectivity index (χ3n) is 2.47. The Balaban J connectivity index is 2.07. The monoisotopic (exact) mass is 229 g/mol. The predicted octanol–water partition coefficient (Wildman–Crippen LogP) is 1.53. The number of carbonyl (C=O) groups is 1. The zero-order valence-electron chi connectivity index (χ0n) is 8.15. The van der Waals surface area contributed by atoms with Crippen LogP contribution in [0.3, 0.4) is 0 Å². The van der Waals surface area contributed by atoms with Crippen molar-refractivity contribution in [1.82, 2.24) is 4.90 Å².